The predicted molar refractivity (Wildman–Crippen MR) is 164 cm³/mol. The molecule has 2 N–H and O–H groups in total. The summed E-state index contributed by atoms with van der Waals surface area (Å²) in [6.45, 7) is 6.81. The van der Waals surface area contributed by atoms with Gasteiger partial charge in [-0.05, 0) is 72.8 Å². The van der Waals surface area contributed by atoms with Crippen LogP contribution in [0.15, 0.2) is 66.7 Å². The zero-order chi connectivity index (χ0) is 31.4. The van der Waals surface area contributed by atoms with Gasteiger partial charge in [-0.2, -0.15) is 13.2 Å². The van der Waals surface area contributed by atoms with Gasteiger partial charge in [-0.1, -0.05) is 36.4 Å². The fraction of sp³-hybridized carbons (Fsp3) is 0.457. The SMILES string of the molecule is O=C(NCCN1CCOCC1)c1ccc2c(c1)C(CCN1CCC(O)(c3cccc(C(F)(F)F)c3)CC1)c1ccccc1CO2. The molecule has 0 bridgehead atoms. The molecule has 3 heterocycles. The third-order valence-corrected chi connectivity index (χ3v) is 9.42. The number of likely N-dealkylation sites (tertiary alicyclic amines) is 1. The van der Waals surface area contributed by atoms with Crippen LogP contribution in [0.2, 0.25) is 0 Å². The standard InChI is InChI=1S/C35H40F3N3O4/c36-35(37,38)28-6-3-5-27(23-28)34(43)11-15-40(16-12-34)14-10-30-29-7-2-1-4-26(29)24-45-32-9-8-25(22-31(30)32)33(42)39-13-17-41-18-20-44-21-19-41/h1-9,22-23,30,43H,10-21,24H2,(H,39,42). The molecule has 0 aromatic heterocycles. The Morgan fingerprint density at radius 2 is 1.67 bits per heavy atom. The van der Waals surface area contributed by atoms with Crippen LogP contribution in [0.4, 0.5) is 13.2 Å². The molecule has 0 radical (unpaired) electrons. The number of nitrogens with zero attached hydrogens (tertiary/aromatic N) is 2. The lowest BCUT2D eigenvalue weighted by Crippen LogP contribution is -2.43. The molecule has 3 aromatic carbocycles. The summed E-state index contributed by atoms with van der Waals surface area (Å²) in [5.74, 6) is 0.634. The molecule has 3 aliphatic heterocycles. The van der Waals surface area contributed by atoms with Crippen molar-refractivity contribution in [2.45, 2.75) is 43.6 Å². The van der Waals surface area contributed by atoms with E-state index >= 15 is 0 Å². The molecule has 0 spiro atoms. The number of benzene rings is 3. The first kappa shape index (κ1) is 31.5. The summed E-state index contributed by atoms with van der Waals surface area (Å²) < 4.78 is 51.6. The number of amides is 1. The number of alkyl halides is 3. The Labute approximate surface area is 261 Å². The number of ether oxygens (including phenoxy) is 2. The summed E-state index contributed by atoms with van der Waals surface area (Å²) in [7, 11) is 0. The fourth-order valence-corrected chi connectivity index (χ4v) is 6.72. The summed E-state index contributed by atoms with van der Waals surface area (Å²) in [6, 6.07) is 18.9. The highest BCUT2D eigenvalue weighted by atomic mass is 19.4. The van der Waals surface area contributed by atoms with Gasteiger partial charge in [0.15, 0.2) is 0 Å². The number of piperidine rings is 1. The Morgan fingerprint density at radius 3 is 2.44 bits per heavy atom. The van der Waals surface area contributed by atoms with E-state index < -0.39 is 17.3 Å². The number of hydrogen-bond acceptors (Lipinski definition) is 6. The van der Waals surface area contributed by atoms with Crippen molar-refractivity contribution in [2.75, 3.05) is 59.0 Å². The third-order valence-electron chi connectivity index (χ3n) is 9.42. The van der Waals surface area contributed by atoms with Crippen molar-refractivity contribution in [3.8, 4) is 5.75 Å². The second-order valence-electron chi connectivity index (χ2n) is 12.2. The number of carbonyl (C=O) groups is 1. The van der Waals surface area contributed by atoms with Crippen molar-refractivity contribution in [3.63, 3.8) is 0 Å². The summed E-state index contributed by atoms with van der Waals surface area (Å²) >= 11 is 0. The molecule has 2 saturated heterocycles. The number of rotatable bonds is 8. The Hall–Kier alpha value is -3.44. The van der Waals surface area contributed by atoms with Gasteiger partial charge in [0.05, 0.1) is 24.4 Å². The van der Waals surface area contributed by atoms with E-state index in [-0.39, 0.29) is 11.8 Å². The average Bonchev–Trinajstić information content (AvgIpc) is 3.21. The minimum Gasteiger partial charge on any atom is -0.489 e. The van der Waals surface area contributed by atoms with Crippen LogP contribution in [-0.2, 0) is 23.1 Å². The number of halogens is 3. The van der Waals surface area contributed by atoms with E-state index in [4.69, 9.17) is 9.47 Å². The molecular weight excluding hydrogens is 583 g/mol. The molecule has 6 rings (SSSR count). The van der Waals surface area contributed by atoms with Crippen LogP contribution in [0, 0.1) is 0 Å². The number of fused-ring (bicyclic) bond motifs is 2. The molecule has 0 aliphatic carbocycles. The maximum absolute atomic E-state index is 13.3. The van der Waals surface area contributed by atoms with Crippen LogP contribution in [0.5, 0.6) is 5.75 Å². The highest BCUT2D eigenvalue weighted by Gasteiger charge is 2.37. The van der Waals surface area contributed by atoms with Crippen molar-refractivity contribution in [1.82, 2.24) is 15.1 Å². The average molecular weight is 624 g/mol. The molecule has 10 heteroatoms. The van der Waals surface area contributed by atoms with E-state index in [1.165, 1.54) is 11.6 Å². The summed E-state index contributed by atoms with van der Waals surface area (Å²) in [6.07, 6.45) is -2.99. The van der Waals surface area contributed by atoms with Gasteiger partial charge in [0.2, 0.25) is 0 Å². The van der Waals surface area contributed by atoms with Gasteiger partial charge in [0.25, 0.3) is 5.91 Å². The van der Waals surface area contributed by atoms with Crippen molar-refractivity contribution < 1.29 is 32.5 Å². The number of nitrogens with one attached hydrogen (secondary N) is 1. The number of aliphatic hydroxyl groups is 1. The lowest BCUT2D eigenvalue weighted by Gasteiger charge is -2.39. The van der Waals surface area contributed by atoms with E-state index in [9.17, 15) is 23.1 Å². The van der Waals surface area contributed by atoms with Crippen LogP contribution in [0.3, 0.4) is 0 Å². The predicted octanol–water partition coefficient (Wildman–Crippen LogP) is 5.17. The van der Waals surface area contributed by atoms with Crippen LogP contribution < -0.4 is 10.1 Å². The minimum absolute atomic E-state index is 0.0101. The van der Waals surface area contributed by atoms with Gasteiger partial charge in [0, 0.05) is 56.3 Å². The molecule has 2 fully saturated rings. The Kier molecular flexibility index (Phi) is 9.46. The first-order chi connectivity index (χ1) is 21.7. The van der Waals surface area contributed by atoms with Gasteiger partial charge < -0.3 is 24.8 Å². The molecule has 1 atom stereocenters. The first-order valence-electron chi connectivity index (χ1n) is 15.7. The van der Waals surface area contributed by atoms with Crippen molar-refractivity contribution >= 4 is 5.91 Å². The van der Waals surface area contributed by atoms with Gasteiger partial charge in [-0.3, -0.25) is 9.69 Å². The lowest BCUT2D eigenvalue weighted by atomic mass is 9.82. The van der Waals surface area contributed by atoms with Gasteiger partial charge in [-0.25, -0.2) is 0 Å². The molecule has 240 valence electrons. The molecular formula is C35H40F3N3O4. The normalized spacial score (nSPS) is 20.4. The topological polar surface area (TPSA) is 74.3 Å². The maximum Gasteiger partial charge on any atom is 0.416 e. The highest BCUT2D eigenvalue weighted by molar-refractivity contribution is 5.94. The van der Waals surface area contributed by atoms with Crippen molar-refractivity contribution in [3.05, 3.63) is 100 Å². The first-order valence-corrected chi connectivity index (χ1v) is 15.7. The smallest absolute Gasteiger partial charge is 0.416 e. The quantitative estimate of drug-likeness (QED) is 0.361. The van der Waals surface area contributed by atoms with Crippen molar-refractivity contribution in [2.24, 2.45) is 0 Å². The van der Waals surface area contributed by atoms with Gasteiger partial charge in [0.1, 0.15) is 12.4 Å². The van der Waals surface area contributed by atoms with Crippen LogP contribution in [0.1, 0.15) is 63.4 Å². The summed E-state index contributed by atoms with van der Waals surface area (Å²) in [4.78, 5) is 17.7. The molecule has 45 heavy (non-hydrogen) atoms. The fourth-order valence-electron chi connectivity index (χ4n) is 6.72. The van der Waals surface area contributed by atoms with Gasteiger partial charge in [-0.15, -0.1) is 0 Å². The Bertz CT molecular complexity index is 1480. The zero-order valence-corrected chi connectivity index (χ0v) is 25.3. The highest BCUT2D eigenvalue weighted by Crippen LogP contribution is 2.41. The van der Waals surface area contributed by atoms with E-state index in [1.807, 2.05) is 30.3 Å². The summed E-state index contributed by atoms with van der Waals surface area (Å²) in [5.41, 5.74) is 2.11. The largest absolute Gasteiger partial charge is 0.489 e. The van der Waals surface area contributed by atoms with E-state index in [0.29, 0.717) is 50.2 Å². The van der Waals surface area contributed by atoms with Crippen LogP contribution >= 0.6 is 0 Å². The van der Waals surface area contributed by atoms with E-state index in [0.717, 1.165) is 74.8 Å². The molecule has 0 saturated carbocycles. The number of carbonyl (C=O) groups excluding carboxylic acids is 1. The second kappa shape index (κ2) is 13.5. The second-order valence-corrected chi connectivity index (χ2v) is 12.2. The Morgan fingerprint density at radius 1 is 0.911 bits per heavy atom. The Balaban J connectivity index is 1.14. The molecule has 3 aromatic rings. The molecule has 3 aliphatic rings. The zero-order valence-electron chi connectivity index (χ0n) is 25.3. The van der Waals surface area contributed by atoms with Crippen LogP contribution in [-0.4, -0.2) is 79.8 Å². The third kappa shape index (κ3) is 7.35. The maximum atomic E-state index is 13.3. The van der Waals surface area contributed by atoms with E-state index in [1.54, 1.807) is 6.07 Å². The monoisotopic (exact) mass is 623 g/mol. The molecule has 7 nitrogen and oxygen atoms in total. The van der Waals surface area contributed by atoms with Crippen LogP contribution in [0.25, 0.3) is 0 Å². The minimum atomic E-state index is -4.45. The molecule has 1 unspecified atom stereocenters. The van der Waals surface area contributed by atoms with Crippen molar-refractivity contribution in [1.29, 1.82) is 0 Å². The molecule has 1 amide bonds. The summed E-state index contributed by atoms with van der Waals surface area (Å²) in [5, 5.41) is 14.4. The number of morpholine rings is 1. The number of hydrogen-bond donors (Lipinski definition) is 2. The lowest BCUT2D eigenvalue weighted by molar-refractivity contribution is -0.137. The van der Waals surface area contributed by atoms with E-state index in [2.05, 4.69) is 27.2 Å². The van der Waals surface area contributed by atoms with Gasteiger partial charge >= 0.3 is 6.18 Å².